The van der Waals surface area contributed by atoms with Gasteiger partial charge in [-0.2, -0.15) is 20.3 Å². The summed E-state index contributed by atoms with van der Waals surface area (Å²) in [4.78, 5) is 36.6. The number of nitrogens with zero attached hydrogens (tertiary/aromatic N) is 19. The number of aryl methyl sites for hydroxylation is 1. The monoisotopic (exact) mass is 1830 g/mol. The van der Waals surface area contributed by atoms with Crippen molar-refractivity contribution in [3.63, 3.8) is 0 Å². The maximum atomic E-state index is 5.38. The second kappa shape index (κ2) is 39.9. The molecule has 16 rings (SSSR count). The van der Waals surface area contributed by atoms with Gasteiger partial charge in [-0.1, -0.05) is 341 Å². The van der Waals surface area contributed by atoms with Crippen LogP contribution in [0.1, 0.15) is 430 Å². The van der Waals surface area contributed by atoms with Crippen LogP contribution in [0.15, 0.2) is 152 Å². The second-order valence-corrected chi connectivity index (χ2v) is 52.0. The Balaban J connectivity index is 0.000000188. The van der Waals surface area contributed by atoms with Crippen molar-refractivity contribution in [2.24, 2.45) is 0 Å². The molecule has 0 N–H and O–H groups in total. The molecule has 0 radical (unpaired) electrons. The number of hydrogen-bond donors (Lipinski definition) is 0. The molecule has 0 spiro atoms. The molecular weight excluding hydrogens is 1650 g/mol. The standard InChI is InChI=1S/C15H26N2.3C15H22N2.2C14H21N3.C13H20N2O.C10H13N3.C3H8/c2*1-14(2,3)12-13(15(4,5)6)17-10-8-7-9-11(17)16-12;1-14(2,3)12-11-9-7-8-10-17(11)16-13(12)15(4,5)6;1-14(2,3)13-11-9-7-8-10-12(11)16-17(13)15(4,5)6;1-13(2,3)11-12(14(4,5)6)17-8-7-15-9-10(17)16-11;1-13(2,3)11-12(14(4,5)6)17-10(16-11)8-7-9-15-17;1-12(2,3)9-10(13(4,5)6)15-7-8-16-11(15)14-9;1-10(2,3)8-7-13-6-4-5-11-9(13)12-8;1-3-2/h7-10H2,1-6H3;3*7-10H,1-6H3;2*7-9H,1-6H3;7-8H,1-6H3;4-7H,1-3H3;3H2,1-2H3. The van der Waals surface area contributed by atoms with Crippen LogP contribution in [0.2, 0.25) is 0 Å². The minimum absolute atomic E-state index is 0.0155. The van der Waals surface area contributed by atoms with Crippen molar-refractivity contribution in [3.05, 3.63) is 233 Å². The Hall–Kier alpha value is -10.1. The Bertz CT molecular complexity index is 5740. The van der Waals surface area contributed by atoms with E-state index in [1.165, 1.54) is 92.8 Å². The molecule has 14 aromatic heterocycles. The van der Waals surface area contributed by atoms with Crippen molar-refractivity contribution in [2.45, 2.75) is 439 Å². The fraction of sp³-hybridized carbons (Fsp3) is 0.588. The van der Waals surface area contributed by atoms with Crippen LogP contribution in [0.5, 0.6) is 0 Å². The van der Waals surface area contributed by atoms with Gasteiger partial charge < -0.3 is 17.8 Å². The third kappa shape index (κ3) is 26.6. The molecule has 0 saturated heterocycles. The predicted molar refractivity (Wildman–Crippen MR) is 564 cm³/mol. The molecule has 732 valence electrons. The van der Waals surface area contributed by atoms with E-state index < -0.39 is 0 Å². The van der Waals surface area contributed by atoms with Crippen LogP contribution in [0.4, 0.5) is 0 Å². The lowest BCUT2D eigenvalue weighted by atomic mass is 9.79. The van der Waals surface area contributed by atoms with E-state index in [-0.39, 0.29) is 81.3 Å². The SMILES string of the molecule is CC(C)(C)c1c2ccccc2nn1C(C)(C)C.CC(C)(C)c1cn2cccnc2n1.CC(C)(C)c1nc2ccccn2c1C(C)(C)C.CC(C)(C)c1nc2cccnn2c1C(C)(C)C.CC(C)(C)c1nc2cnccn2c1C(C)(C)C.CC(C)(C)c1nc2n(c1C(C)(C)C)CCCC2.CC(C)(C)c1nc2occn2c1C(C)(C)C.CC(C)(C)c1nn2ccccc2c1C(C)(C)C.CCC. The van der Waals surface area contributed by atoms with Crippen molar-refractivity contribution < 1.29 is 4.42 Å². The highest BCUT2D eigenvalue weighted by Gasteiger charge is 2.39. The molecule has 134 heavy (non-hydrogen) atoms. The number of fused-ring (bicyclic) bond motifs is 8. The highest BCUT2D eigenvalue weighted by Crippen LogP contribution is 2.43. The molecule has 15 heterocycles. The zero-order valence-corrected chi connectivity index (χ0v) is 92.3. The maximum Gasteiger partial charge on any atom is 0.306 e. The van der Waals surface area contributed by atoms with Crippen LogP contribution < -0.4 is 0 Å². The molecular formula is C114H175N19O. The first kappa shape index (κ1) is 109. The van der Waals surface area contributed by atoms with E-state index in [1.54, 1.807) is 12.5 Å². The zero-order chi connectivity index (χ0) is 101. The van der Waals surface area contributed by atoms with E-state index >= 15 is 0 Å². The van der Waals surface area contributed by atoms with Gasteiger partial charge in [-0.15, -0.1) is 0 Å². The zero-order valence-electron chi connectivity index (χ0n) is 92.3. The van der Waals surface area contributed by atoms with Crippen LogP contribution in [0.25, 0.3) is 45.0 Å². The lowest BCUT2D eigenvalue weighted by molar-refractivity contribution is 0.325. The Morgan fingerprint density at radius 1 is 0.351 bits per heavy atom. The quantitative estimate of drug-likeness (QED) is 0.140. The topological polar surface area (TPSA) is 191 Å². The Morgan fingerprint density at radius 3 is 1.32 bits per heavy atom. The molecule has 0 amide bonds. The normalized spacial score (nSPS) is 13.5. The lowest BCUT2D eigenvalue weighted by Crippen LogP contribution is -2.30. The van der Waals surface area contributed by atoms with Crippen molar-refractivity contribution >= 4 is 45.0 Å². The Labute approximate surface area is 807 Å². The number of benzene rings is 1. The van der Waals surface area contributed by atoms with Gasteiger partial charge in [0.2, 0.25) is 5.78 Å². The van der Waals surface area contributed by atoms with Crippen LogP contribution in [0.3, 0.4) is 0 Å². The second-order valence-electron chi connectivity index (χ2n) is 52.0. The van der Waals surface area contributed by atoms with E-state index in [0.29, 0.717) is 5.84 Å². The summed E-state index contributed by atoms with van der Waals surface area (Å²) in [6.07, 6.45) is 26.0. The van der Waals surface area contributed by atoms with E-state index in [1.807, 2.05) is 93.3 Å². The number of oxazole rings is 1. The largest absolute Gasteiger partial charge is 0.432 e. The van der Waals surface area contributed by atoms with Gasteiger partial charge in [0.25, 0.3) is 0 Å². The minimum Gasteiger partial charge on any atom is -0.432 e. The van der Waals surface area contributed by atoms with E-state index in [4.69, 9.17) is 34.6 Å². The molecule has 20 nitrogen and oxygen atoms in total. The van der Waals surface area contributed by atoms with Gasteiger partial charge in [0.05, 0.1) is 91.1 Å². The maximum absolute atomic E-state index is 5.38. The highest BCUT2D eigenvalue weighted by molar-refractivity contribution is 5.82. The first-order valence-electron chi connectivity index (χ1n) is 49.0. The molecule has 0 fully saturated rings. The predicted octanol–water partition coefficient (Wildman–Crippen LogP) is 29.4. The van der Waals surface area contributed by atoms with Gasteiger partial charge in [0, 0.05) is 156 Å². The van der Waals surface area contributed by atoms with Crippen LogP contribution in [-0.4, -0.2) is 91.1 Å². The lowest BCUT2D eigenvalue weighted by Gasteiger charge is -2.28. The third-order valence-electron chi connectivity index (χ3n) is 22.7. The molecule has 0 atom stereocenters. The summed E-state index contributed by atoms with van der Waals surface area (Å²) < 4.78 is 22.4. The average molecular weight is 1830 g/mol. The van der Waals surface area contributed by atoms with Crippen molar-refractivity contribution in [2.75, 3.05) is 0 Å². The van der Waals surface area contributed by atoms with Gasteiger partial charge in [-0.25, -0.2) is 38.9 Å². The molecule has 0 aliphatic carbocycles. The van der Waals surface area contributed by atoms with Gasteiger partial charge >= 0.3 is 5.84 Å². The number of imidazole rings is 6. The minimum atomic E-state index is 0.0155. The highest BCUT2D eigenvalue weighted by atomic mass is 16.3. The number of hydrogen-bond acceptors (Lipinski definition) is 12. The van der Waals surface area contributed by atoms with E-state index in [9.17, 15) is 0 Å². The molecule has 20 heteroatoms. The average Bonchev–Trinajstić information content (AvgIpc) is 1.59. The third-order valence-corrected chi connectivity index (χ3v) is 22.7. The first-order valence-corrected chi connectivity index (χ1v) is 49.0. The molecule has 0 unspecified atom stereocenters. The molecule has 1 aliphatic heterocycles. The van der Waals surface area contributed by atoms with Gasteiger partial charge in [-0.05, 0) is 87.6 Å². The van der Waals surface area contributed by atoms with Crippen molar-refractivity contribution in [1.29, 1.82) is 0 Å². The Kier molecular flexibility index (Phi) is 32.5. The summed E-state index contributed by atoms with van der Waals surface area (Å²) >= 11 is 0. The summed E-state index contributed by atoms with van der Waals surface area (Å²) in [5, 5.41) is 15.2. The fourth-order valence-corrected chi connectivity index (χ4v) is 17.0. The summed E-state index contributed by atoms with van der Waals surface area (Å²) in [5.74, 6) is 2.77. The molecule has 1 aliphatic rings. The van der Waals surface area contributed by atoms with Crippen LogP contribution >= 0.6 is 0 Å². The fourth-order valence-electron chi connectivity index (χ4n) is 17.0. The van der Waals surface area contributed by atoms with Crippen molar-refractivity contribution in [1.82, 2.24) is 91.1 Å². The van der Waals surface area contributed by atoms with Crippen molar-refractivity contribution in [3.8, 4) is 0 Å². The number of aromatic nitrogens is 19. The Morgan fingerprint density at radius 2 is 0.813 bits per heavy atom. The van der Waals surface area contributed by atoms with Gasteiger partial charge in [0.15, 0.2) is 11.3 Å². The van der Waals surface area contributed by atoms with E-state index in [0.717, 1.165) is 64.0 Å². The first-order chi connectivity index (χ1) is 61.0. The van der Waals surface area contributed by atoms with Gasteiger partial charge in [0.1, 0.15) is 17.7 Å². The van der Waals surface area contributed by atoms with Gasteiger partial charge in [-0.3, -0.25) is 18.5 Å². The number of pyridine rings is 2. The smallest absolute Gasteiger partial charge is 0.306 e. The molecule has 0 saturated carbocycles. The van der Waals surface area contributed by atoms with Crippen LogP contribution in [0, 0.1) is 0 Å². The molecule has 0 bridgehead atoms. The van der Waals surface area contributed by atoms with Crippen LogP contribution in [-0.2, 0) is 94.3 Å². The molecule has 15 aromatic rings. The summed E-state index contributed by atoms with van der Waals surface area (Å²) in [7, 11) is 0. The molecule has 1 aromatic carbocycles. The summed E-state index contributed by atoms with van der Waals surface area (Å²) in [6, 6.07) is 26.7. The number of rotatable bonds is 0. The van der Waals surface area contributed by atoms with E-state index in [2.05, 4.69) is 428 Å². The summed E-state index contributed by atoms with van der Waals surface area (Å²) in [6.45, 7) is 106. The summed E-state index contributed by atoms with van der Waals surface area (Å²) in [5.41, 5.74) is 23.9.